The number of benzene rings is 1. The molecule has 1 aliphatic heterocycles. The molecule has 2 rings (SSSR count). The van der Waals surface area contributed by atoms with Crippen LogP contribution in [0.1, 0.15) is 22.0 Å². The van der Waals surface area contributed by atoms with Crippen LogP contribution < -0.4 is 10.6 Å². The number of piperazine rings is 1. The molecule has 3 amide bonds. The molecule has 118 valence electrons. The number of hydrogen-bond donors (Lipinski definition) is 4. The molecular formula is C14H17N3O4S. The lowest BCUT2D eigenvalue weighted by Gasteiger charge is -2.34. The zero-order valence-electron chi connectivity index (χ0n) is 11.8. The third-order valence-electron chi connectivity index (χ3n) is 3.36. The Kier molecular flexibility index (Phi) is 5.40. The van der Waals surface area contributed by atoms with E-state index in [1.54, 1.807) is 24.3 Å². The van der Waals surface area contributed by atoms with Gasteiger partial charge in [-0.05, 0) is 17.7 Å². The molecular weight excluding hydrogens is 306 g/mol. The Morgan fingerprint density at radius 2 is 2.05 bits per heavy atom. The standard InChI is InChI=1S/C14H17N3O4S/c18-6-5-17-11(19)7-15-14(21)12(17)9-1-3-10(4-2-9)13(20)16-8-22/h1-4,12,18,22H,5-8H2,(H,15,21)(H,16,20). The fraction of sp³-hybridized carbons (Fsp3) is 0.357. The second-order valence-corrected chi connectivity index (χ2v) is 5.03. The SMILES string of the molecule is O=C(NCS)c1ccc(C2C(=O)NCC(=O)N2CCO)cc1. The van der Waals surface area contributed by atoms with E-state index in [0.29, 0.717) is 11.1 Å². The summed E-state index contributed by atoms with van der Waals surface area (Å²) in [5, 5.41) is 14.2. The number of nitrogens with one attached hydrogen (secondary N) is 2. The lowest BCUT2D eigenvalue weighted by molar-refractivity contribution is -0.146. The Labute approximate surface area is 133 Å². The average Bonchev–Trinajstić information content (AvgIpc) is 2.52. The molecule has 1 saturated heterocycles. The number of nitrogens with zero attached hydrogens (tertiary/aromatic N) is 1. The van der Waals surface area contributed by atoms with Crippen LogP contribution in [0, 0.1) is 0 Å². The van der Waals surface area contributed by atoms with Crippen LogP contribution in [0.5, 0.6) is 0 Å². The Hall–Kier alpha value is -2.06. The number of aliphatic hydroxyl groups is 1. The quantitative estimate of drug-likeness (QED) is 0.425. The summed E-state index contributed by atoms with van der Waals surface area (Å²) in [6.07, 6.45) is 0. The zero-order valence-corrected chi connectivity index (χ0v) is 12.7. The predicted octanol–water partition coefficient (Wildman–Crippen LogP) is -0.704. The highest BCUT2D eigenvalue weighted by Gasteiger charge is 2.35. The smallest absolute Gasteiger partial charge is 0.251 e. The van der Waals surface area contributed by atoms with Gasteiger partial charge in [-0.25, -0.2) is 0 Å². The summed E-state index contributed by atoms with van der Waals surface area (Å²) in [4.78, 5) is 37.0. The third kappa shape index (κ3) is 3.40. The zero-order chi connectivity index (χ0) is 16.1. The van der Waals surface area contributed by atoms with Crippen molar-refractivity contribution in [2.24, 2.45) is 0 Å². The maximum absolute atomic E-state index is 12.1. The van der Waals surface area contributed by atoms with Crippen molar-refractivity contribution >= 4 is 30.4 Å². The fourth-order valence-electron chi connectivity index (χ4n) is 2.33. The van der Waals surface area contributed by atoms with Crippen molar-refractivity contribution in [3.05, 3.63) is 35.4 Å². The van der Waals surface area contributed by atoms with E-state index in [4.69, 9.17) is 5.11 Å². The number of carbonyl (C=O) groups excluding carboxylic acids is 3. The van der Waals surface area contributed by atoms with Crippen LogP contribution in [-0.2, 0) is 9.59 Å². The van der Waals surface area contributed by atoms with E-state index >= 15 is 0 Å². The van der Waals surface area contributed by atoms with Gasteiger partial charge in [0.25, 0.3) is 5.91 Å². The molecule has 0 spiro atoms. The summed E-state index contributed by atoms with van der Waals surface area (Å²) in [6, 6.07) is 5.62. The van der Waals surface area contributed by atoms with Crippen molar-refractivity contribution in [1.82, 2.24) is 15.5 Å². The lowest BCUT2D eigenvalue weighted by atomic mass is 10.0. The second-order valence-electron chi connectivity index (χ2n) is 4.72. The maximum Gasteiger partial charge on any atom is 0.251 e. The molecule has 8 heteroatoms. The van der Waals surface area contributed by atoms with E-state index in [2.05, 4.69) is 23.3 Å². The molecule has 1 heterocycles. The second kappa shape index (κ2) is 7.28. The van der Waals surface area contributed by atoms with Crippen LogP contribution in [-0.4, -0.2) is 53.3 Å². The van der Waals surface area contributed by atoms with Gasteiger partial charge < -0.3 is 20.6 Å². The molecule has 0 radical (unpaired) electrons. The van der Waals surface area contributed by atoms with Gasteiger partial charge in [0.2, 0.25) is 11.8 Å². The minimum atomic E-state index is -0.796. The number of amides is 3. The summed E-state index contributed by atoms with van der Waals surface area (Å²) in [5.74, 6) is -0.598. The summed E-state index contributed by atoms with van der Waals surface area (Å²) in [7, 11) is 0. The van der Waals surface area contributed by atoms with E-state index in [0.717, 1.165) is 0 Å². The van der Waals surface area contributed by atoms with E-state index in [-0.39, 0.29) is 43.3 Å². The van der Waals surface area contributed by atoms with Crippen LogP contribution in [0.15, 0.2) is 24.3 Å². The normalized spacial score (nSPS) is 18.1. The molecule has 1 aromatic carbocycles. The lowest BCUT2D eigenvalue weighted by Crippen LogP contribution is -2.54. The number of hydrogen-bond acceptors (Lipinski definition) is 5. The largest absolute Gasteiger partial charge is 0.395 e. The van der Waals surface area contributed by atoms with Crippen LogP contribution in [0.4, 0.5) is 0 Å². The van der Waals surface area contributed by atoms with Crippen molar-refractivity contribution in [3.63, 3.8) is 0 Å². The van der Waals surface area contributed by atoms with Gasteiger partial charge in [0.05, 0.1) is 19.0 Å². The van der Waals surface area contributed by atoms with Gasteiger partial charge >= 0.3 is 0 Å². The van der Waals surface area contributed by atoms with Crippen molar-refractivity contribution in [1.29, 1.82) is 0 Å². The molecule has 1 aromatic rings. The number of aliphatic hydroxyl groups excluding tert-OH is 1. The molecule has 3 N–H and O–H groups in total. The maximum atomic E-state index is 12.1. The number of carbonyl (C=O) groups is 3. The third-order valence-corrected chi connectivity index (χ3v) is 3.52. The van der Waals surface area contributed by atoms with Crippen LogP contribution in [0.3, 0.4) is 0 Å². The first-order chi connectivity index (χ1) is 10.6. The van der Waals surface area contributed by atoms with Crippen molar-refractivity contribution < 1.29 is 19.5 Å². The molecule has 22 heavy (non-hydrogen) atoms. The highest BCUT2D eigenvalue weighted by molar-refractivity contribution is 7.80. The van der Waals surface area contributed by atoms with Gasteiger partial charge in [-0.1, -0.05) is 12.1 Å². The molecule has 7 nitrogen and oxygen atoms in total. The van der Waals surface area contributed by atoms with Crippen LogP contribution in [0.2, 0.25) is 0 Å². The van der Waals surface area contributed by atoms with Crippen molar-refractivity contribution in [2.75, 3.05) is 25.6 Å². The number of rotatable bonds is 5. The van der Waals surface area contributed by atoms with Gasteiger partial charge in [0, 0.05) is 12.1 Å². The van der Waals surface area contributed by atoms with E-state index in [1.807, 2.05) is 0 Å². The van der Waals surface area contributed by atoms with Crippen molar-refractivity contribution in [2.45, 2.75) is 6.04 Å². The first kappa shape index (κ1) is 16.3. The highest BCUT2D eigenvalue weighted by atomic mass is 32.1. The Morgan fingerprint density at radius 3 is 2.64 bits per heavy atom. The van der Waals surface area contributed by atoms with E-state index in [1.165, 1.54) is 4.90 Å². The minimum Gasteiger partial charge on any atom is -0.395 e. The summed E-state index contributed by atoms with van der Waals surface area (Å²) >= 11 is 3.92. The molecule has 0 aliphatic carbocycles. The topological polar surface area (TPSA) is 98.7 Å². The molecule has 1 atom stereocenters. The molecule has 1 fully saturated rings. The van der Waals surface area contributed by atoms with Gasteiger partial charge in [-0.15, -0.1) is 0 Å². The number of thiol groups is 1. The van der Waals surface area contributed by atoms with Crippen LogP contribution in [0.25, 0.3) is 0 Å². The Balaban J connectivity index is 2.25. The molecule has 0 aromatic heterocycles. The molecule has 1 unspecified atom stereocenters. The fourth-order valence-corrected chi connectivity index (χ4v) is 2.47. The number of β-amino-alcohol motifs (C(OH)–C–C–N with tert-alkyl or cyclic N) is 1. The Bertz CT molecular complexity index is 576. The monoisotopic (exact) mass is 323 g/mol. The minimum absolute atomic E-state index is 0.0717. The summed E-state index contributed by atoms with van der Waals surface area (Å²) < 4.78 is 0. The van der Waals surface area contributed by atoms with E-state index < -0.39 is 6.04 Å². The molecule has 0 bridgehead atoms. The first-order valence-electron chi connectivity index (χ1n) is 6.75. The summed E-state index contributed by atoms with van der Waals surface area (Å²) in [5.41, 5.74) is 1.02. The van der Waals surface area contributed by atoms with E-state index in [9.17, 15) is 14.4 Å². The Morgan fingerprint density at radius 1 is 1.36 bits per heavy atom. The van der Waals surface area contributed by atoms with Crippen molar-refractivity contribution in [3.8, 4) is 0 Å². The van der Waals surface area contributed by atoms with Crippen LogP contribution >= 0.6 is 12.6 Å². The average molecular weight is 323 g/mol. The van der Waals surface area contributed by atoms with Gasteiger partial charge in [0.15, 0.2) is 0 Å². The van der Waals surface area contributed by atoms with Gasteiger partial charge in [-0.2, -0.15) is 12.6 Å². The molecule has 1 aliphatic rings. The summed E-state index contributed by atoms with van der Waals surface area (Å²) in [6.45, 7) is -0.214. The van der Waals surface area contributed by atoms with Gasteiger partial charge in [0.1, 0.15) is 6.04 Å². The van der Waals surface area contributed by atoms with Gasteiger partial charge in [-0.3, -0.25) is 14.4 Å². The first-order valence-corrected chi connectivity index (χ1v) is 7.38. The highest BCUT2D eigenvalue weighted by Crippen LogP contribution is 2.24. The molecule has 0 saturated carbocycles. The predicted molar refractivity (Wildman–Crippen MR) is 82.3 cm³/mol.